The number of hydrogen-bond acceptors (Lipinski definition) is 2. The summed E-state index contributed by atoms with van der Waals surface area (Å²) in [6, 6.07) is 23.9. The standard InChI is InChI=1S/C37H37BF2N2/c1-22-9-12-26(13-10-22)41-30-14-11-23(2)18-28(30)38-29-19-24(3)17-27-34(29)42(37(40)16-8-7-15-36(27,37)39)32-21-25(35(4,5)6)20-31(41)33(32)38/h9-14,17-21H,7-8,15-16H2,1-6H3. The van der Waals surface area contributed by atoms with Crippen molar-refractivity contribution in [1.29, 1.82) is 0 Å². The molecule has 8 rings (SSSR count). The third-order valence-electron chi connectivity index (χ3n) is 10.3. The molecule has 2 atom stereocenters. The molecular formula is C37H37BF2N2. The zero-order valence-corrected chi connectivity index (χ0v) is 25.4. The van der Waals surface area contributed by atoms with Crippen LogP contribution in [-0.2, 0) is 11.1 Å². The van der Waals surface area contributed by atoms with Gasteiger partial charge >= 0.3 is 0 Å². The molecule has 0 saturated heterocycles. The monoisotopic (exact) mass is 558 g/mol. The van der Waals surface area contributed by atoms with E-state index in [-0.39, 0.29) is 25.0 Å². The number of nitrogens with zero attached hydrogens (tertiary/aromatic N) is 2. The first-order valence-corrected chi connectivity index (χ1v) is 15.4. The Labute approximate surface area is 248 Å². The third kappa shape index (κ3) is 3.20. The van der Waals surface area contributed by atoms with Gasteiger partial charge in [-0.3, -0.25) is 0 Å². The summed E-state index contributed by atoms with van der Waals surface area (Å²) in [6.45, 7) is 12.8. The van der Waals surface area contributed by atoms with Crippen molar-refractivity contribution in [1.82, 2.24) is 0 Å². The maximum Gasteiger partial charge on any atom is 0.252 e. The number of rotatable bonds is 1. The van der Waals surface area contributed by atoms with E-state index in [1.165, 1.54) is 16.6 Å². The lowest BCUT2D eigenvalue weighted by molar-refractivity contribution is -0.0615. The maximum atomic E-state index is 17.8. The Hall–Kier alpha value is -3.60. The second kappa shape index (κ2) is 8.27. The highest BCUT2D eigenvalue weighted by Crippen LogP contribution is 2.63. The molecule has 5 heteroatoms. The van der Waals surface area contributed by atoms with E-state index in [9.17, 15) is 0 Å². The van der Waals surface area contributed by atoms with Gasteiger partial charge in [0.05, 0.1) is 0 Å². The van der Waals surface area contributed by atoms with Gasteiger partial charge in [-0.2, -0.15) is 0 Å². The highest BCUT2D eigenvalue weighted by Gasteiger charge is 2.68. The van der Waals surface area contributed by atoms with Crippen molar-refractivity contribution in [3.8, 4) is 0 Å². The van der Waals surface area contributed by atoms with Crippen molar-refractivity contribution in [2.75, 3.05) is 9.80 Å². The van der Waals surface area contributed by atoms with E-state index in [0.29, 0.717) is 18.4 Å². The Bertz CT molecular complexity index is 1810. The molecule has 4 aromatic rings. The molecule has 4 aliphatic rings. The Morgan fingerprint density at radius 1 is 0.714 bits per heavy atom. The first kappa shape index (κ1) is 26.1. The van der Waals surface area contributed by atoms with Gasteiger partial charge in [-0.15, -0.1) is 0 Å². The Morgan fingerprint density at radius 2 is 1.38 bits per heavy atom. The van der Waals surface area contributed by atoms with E-state index in [2.05, 4.69) is 100 Å². The Morgan fingerprint density at radius 3 is 2.12 bits per heavy atom. The largest absolute Gasteiger partial charge is 0.311 e. The summed E-state index contributed by atoms with van der Waals surface area (Å²) in [7, 11) is 0. The number of fused-ring (bicyclic) bond motifs is 7. The van der Waals surface area contributed by atoms with E-state index >= 15 is 8.78 Å². The lowest BCUT2D eigenvalue weighted by atomic mass is 9.33. The van der Waals surface area contributed by atoms with E-state index in [4.69, 9.17) is 0 Å². The first-order chi connectivity index (χ1) is 19.9. The summed E-state index contributed by atoms with van der Waals surface area (Å²) < 4.78 is 35.2. The van der Waals surface area contributed by atoms with Crippen LogP contribution in [0.3, 0.4) is 0 Å². The molecule has 0 radical (unpaired) electrons. The van der Waals surface area contributed by atoms with Crippen LogP contribution in [0.5, 0.6) is 0 Å². The molecule has 212 valence electrons. The molecule has 0 spiro atoms. The summed E-state index contributed by atoms with van der Waals surface area (Å²) in [4.78, 5) is 4.17. The summed E-state index contributed by atoms with van der Waals surface area (Å²) in [5.74, 6) is -2.12. The lowest BCUT2D eigenvalue weighted by Crippen LogP contribution is -2.64. The lowest BCUT2D eigenvalue weighted by Gasteiger charge is -2.48. The quantitative estimate of drug-likeness (QED) is 0.152. The summed E-state index contributed by atoms with van der Waals surface area (Å²) in [6.07, 6.45) is 1.79. The molecule has 2 unspecified atom stereocenters. The molecule has 0 N–H and O–H groups in total. The van der Waals surface area contributed by atoms with E-state index in [1.54, 1.807) is 0 Å². The van der Waals surface area contributed by atoms with Crippen molar-refractivity contribution in [3.05, 3.63) is 94.5 Å². The summed E-state index contributed by atoms with van der Waals surface area (Å²) >= 11 is 0. The van der Waals surface area contributed by atoms with Gasteiger partial charge in [-0.1, -0.05) is 73.9 Å². The number of hydrogen-bond donors (Lipinski definition) is 0. The van der Waals surface area contributed by atoms with Gasteiger partial charge in [0.2, 0.25) is 5.79 Å². The molecule has 42 heavy (non-hydrogen) atoms. The molecular weight excluding hydrogens is 521 g/mol. The fourth-order valence-electron chi connectivity index (χ4n) is 8.23. The highest BCUT2D eigenvalue weighted by atomic mass is 19.2. The topological polar surface area (TPSA) is 6.48 Å². The van der Waals surface area contributed by atoms with Gasteiger partial charge < -0.3 is 9.80 Å². The normalized spacial score (nSPS) is 23.4. The van der Waals surface area contributed by atoms with Crippen LogP contribution in [0.4, 0.5) is 37.2 Å². The van der Waals surface area contributed by atoms with Crippen LogP contribution >= 0.6 is 0 Å². The molecule has 4 aromatic carbocycles. The van der Waals surface area contributed by atoms with E-state index in [0.717, 1.165) is 50.5 Å². The Balaban J connectivity index is 1.54. The molecule has 3 heterocycles. The van der Waals surface area contributed by atoms with Crippen molar-refractivity contribution in [2.45, 2.75) is 84.1 Å². The number of alkyl halides is 2. The molecule has 0 bridgehead atoms. The molecule has 0 amide bonds. The molecule has 2 nitrogen and oxygen atoms in total. The van der Waals surface area contributed by atoms with Crippen LogP contribution in [0, 0.1) is 20.8 Å². The predicted molar refractivity (Wildman–Crippen MR) is 172 cm³/mol. The van der Waals surface area contributed by atoms with Crippen molar-refractivity contribution in [3.63, 3.8) is 0 Å². The number of aryl methyl sites for hydroxylation is 3. The third-order valence-corrected chi connectivity index (χ3v) is 10.3. The van der Waals surface area contributed by atoms with E-state index < -0.39 is 11.5 Å². The van der Waals surface area contributed by atoms with Crippen LogP contribution < -0.4 is 26.2 Å². The second-order valence-corrected chi connectivity index (χ2v) is 14.2. The fourth-order valence-corrected chi connectivity index (χ4v) is 8.23. The SMILES string of the molecule is Cc1ccc(N2c3ccc(C)cc3B3c4cc(C)cc5c4N(c4cc(C(C)(C)C)cc2c43)C2(F)CCCCC52F)cc1. The van der Waals surface area contributed by atoms with Crippen LogP contribution in [-0.4, -0.2) is 12.5 Å². The molecule has 1 fully saturated rings. The van der Waals surface area contributed by atoms with Crippen LogP contribution in [0.2, 0.25) is 0 Å². The minimum Gasteiger partial charge on any atom is -0.311 e. The van der Waals surface area contributed by atoms with Crippen LogP contribution in [0.15, 0.2) is 66.7 Å². The second-order valence-electron chi connectivity index (χ2n) is 14.2. The summed E-state index contributed by atoms with van der Waals surface area (Å²) in [5, 5.41) is 0. The maximum absolute atomic E-state index is 17.8. The molecule has 1 saturated carbocycles. The molecule has 3 aliphatic heterocycles. The van der Waals surface area contributed by atoms with E-state index in [1.807, 2.05) is 17.9 Å². The first-order valence-electron chi connectivity index (χ1n) is 15.4. The van der Waals surface area contributed by atoms with Gasteiger partial charge in [-0.05, 0) is 97.7 Å². The van der Waals surface area contributed by atoms with Gasteiger partial charge in [0, 0.05) is 40.4 Å². The smallest absolute Gasteiger partial charge is 0.252 e. The number of anilines is 5. The highest BCUT2D eigenvalue weighted by molar-refractivity contribution is 7.00. The van der Waals surface area contributed by atoms with Crippen molar-refractivity contribution in [2.24, 2.45) is 0 Å². The minimum atomic E-state index is -2.12. The van der Waals surface area contributed by atoms with Gasteiger partial charge in [0.1, 0.15) is 0 Å². The predicted octanol–water partition coefficient (Wildman–Crippen LogP) is 8.08. The van der Waals surface area contributed by atoms with Gasteiger partial charge in [0.25, 0.3) is 6.71 Å². The zero-order chi connectivity index (χ0) is 29.3. The zero-order valence-electron chi connectivity index (χ0n) is 25.4. The molecule has 0 aromatic heterocycles. The average molecular weight is 559 g/mol. The average Bonchev–Trinajstić information content (AvgIpc) is 3.15. The molecule has 1 aliphatic carbocycles. The minimum absolute atomic E-state index is 0.113. The Kier molecular flexibility index (Phi) is 5.13. The van der Waals surface area contributed by atoms with Crippen LogP contribution in [0.1, 0.15) is 74.3 Å². The van der Waals surface area contributed by atoms with Crippen molar-refractivity contribution < 1.29 is 8.78 Å². The van der Waals surface area contributed by atoms with Gasteiger partial charge in [-0.25, -0.2) is 8.78 Å². The van der Waals surface area contributed by atoms with Crippen molar-refractivity contribution >= 4 is 51.5 Å². The number of benzene rings is 4. The van der Waals surface area contributed by atoms with Gasteiger partial charge in [0.15, 0.2) is 5.67 Å². The summed E-state index contributed by atoms with van der Waals surface area (Å²) in [5.41, 5.74) is 11.0. The van der Waals surface area contributed by atoms with Crippen LogP contribution in [0.25, 0.3) is 0 Å². The number of halogens is 2. The fraction of sp³-hybridized carbons (Fsp3) is 0.351.